The van der Waals surface area contributed by atoms with E-state index >= 15 is 0 Å². The molecule has 0 aromatic rings. The Bertz CT molecular complexity index is 234. The quantitative estimate of drug-likeness (QED) is 0.616. The van der Waals surface area contributed by atoms with Crippen LogP contribution in [0.2, 0.25) is 0 Å². The molecule has 0 aromatic heterocycles. The van der Waals surface area contributed by atoms with Crippen LogP contribution in [-0.4, -0.2) is 8.32 Å². The van der Waals surface area contributed by atoms with Crippen LogP contribution in [0.5, 0.6) is 0 Å². The molecule has 0 saturated carbocycles. The Hall–Kier alpha value is 0.677. The molecule has 0 spiro atoms. The molecular formula is H2Cr3O7+6. The summed E-state index contributed by atoms with van der Waals surface area (Å²) in [6, 6.07) is 0. The zero-order valence-corrected chi connectivity index (χ0v) is 7.99. The zero-order valence-electron chi connectivity index (χ0n) is 4.16. The van der Waals surface area contributed by atoms with E-state index in [4.69, 9.17) is 8.32 Å². The van der Waals surface area contributed by atoms with Gasteiger partial charge in [-0.1, -0.05) is 0 Å². The molecule has 0 radical (unpaired) electrons. The van der Waals surface area contributed by atoms with Crippen LogP contribution in [0.3, 0.4) is 0 Å². The zero-order chi connectivity index (χ0) is 7.71. The first-order chi connectivity index (χ1) is 3.71. The molecular weight excluding hydrogens is 268 g/mol. The molecule has 2 N–H and O–H groups in total. The molecule has 0 heterocycles. The molecule has 10 heavy (non-hydrogen) atoms. The number of hydrogen-bond donors (Lipinski definition) is 2. The van der Waals surface area contributed by atoms with E-state index in [2.05, 4.69) is 2.84 Å². The van der Waals surface area contributed by atoms with Crippen molar-refractivity contribution in [2.45, 2.75) is 0 Å². The number of rotatable bonds is 2. The van der Waals surface area contributed by atoms with Crippen molar-refractivity contribution >= 4 is 0 Å². The molecule has 0 aliphatic heterocycles. The first-order valence-electron chi connectivity index (χ1n) is 1.37. The van der Waals surface area contributed by atoms with Crippen molar-refractivity contribution in [2.75, 3.05) is 0 Å². The summed E-state index contributed by atoms with van der Waals surface area (Å²) in [4.78, 5) is 0. The average Bonchev–Trinajstić information content (AvgIpc) is 1.14. The second kappa shape index (κ2) is 3.90. The van der Waals surface area contributed by atoms with E-state index in [1.54, 1.807) is 0 Å². The second-order valence-corrected chi connectivity index (χ2v) is 4.68. The average molecular weight is 270 g/mol. The van der Waals surface area contributed by atoms with Gasteiger partial charge < -0.3 is 0 Å². The van der Waals surface area contributed by atoms with E-state index < -0.39 is 27.2 Å². The van der Waals surface area contributed by atoms with Gasteiger partial charge in [-0.2, -0.15) is 0 Å². The van der Waals surface area contributed by atoms with E-state index in [-0.39, 0.29) is 17.4 Å². The summed E-state index contributed by atoms with van der Waals surface area (Å²) in [5, 5.41) is 0. The van der Waals surface area contributed by atoms with Gasteiger partial charge in [0.25, 0.3) is 0 Å². The monoisotopic (exact) mass is 270 g/mol. The van der Waals surface area contributed by atoms with Gasteiger partial charge in [-0.15, -0.1) is 0 Å². The third kappa shape index (κ3) is 11.5. The molecule has 0 atom stereocenters. The van der Waals surface area contributed by atoms with Gasteiger partial charge in [0.05, 0.1) is 0 Å². The normalized spacial score (nSPS) is 12.2. The SMILES string of the molecule is [Cr+6].[O]=[Cr](=[O])([OH])[O][Cr](=[O])(=[O])[OH]. The maximum atomic E-state index is 9.53. The van der Waals surface area contributed by atoms with E-state index in [9.17, 15) is 15.2 Å². The molecule has 0 saturated heterocycles. The molecule has 0 rings (SSSR count). The fourth-order valence-electron chi connectivity index (χ4n) is 0.109. The standard InChI is InChI=1S/3Cr.2H2O.5O/h;;;2*1H2;;;;;/q2*+1;+6;;;;;;;/p-2. The summed E-state index contributed by atoms with van der Waals surface area (Å²) in [7, 11) is 0. The third-order valence-electron chi connectivity index (χ3n) is 0.172. The fraction of sp³-hybridized carbons (Fsp3) is 0. The molecule has 0 fully saturated rings. The van der Waals surface area contributed by atoms with Crippen molar-refractivity contribution in [3.05, 3.63) is 0 Å². The van der Waals surface area contributed by atoms with Crippen LogP contribution in [0.25, 0.3) is 0 Å². The number of hydrogen-bond acceptors (Lipinski definition) is 5. The summed E-state index contributed by atoms with van der Waals surface area (Å²) in [5.41, 5.74) is 0. The van der Waals surface area contributed by atoms with Crippen LogP contribution in [0.1, 0.15) is 0 Å². The first kappa shape index (κ1) is 13.3. The summed E-state index contributed by atoms with van der Waals surface area (Å²) >= 11 is -11.5. The molecule has 0 unspecified atom stereocenters. The molecule has 56 valence electrons. The molecule has 10 heteroatoms. The Balaban J connectivity index is 0. The Morgan fingerprint density at radius 2 is 1.10 bits per heavy atom. The molecule has 0 aliphatic carbocycles. The molecule has 0 aliphatic rings. The molecule has 0 bridgehead atoms. The van der Waals surface area contributed by atoms with Gasteiger partial charge in [-0.25, -0.2) is 0 Å². The Kier molecular flexibility index (Phi) is 5.17. The van der Waals surface area contributed by atoms with E-state index in [0.29, 0.717) is 0 Å². The third-order valence-corrected chi connectivity index (χ3v) is 2.92. The molecule has 0 amide bonds. The van der Waals surface area contributed by atoms with Gasteiger partial charge in [0.1, 0.15) is 0 Å². The van der Waals surface area contributed by atoms with Gasteiger partial charge in [0.2, 0.25) is 0 Å². The Morgan fingerprint density at radius 1 is 0.900 bits per heavy atom. The minimum atomic E-state index is -5.76. The van der Waals surface area contributed by atoms with Gasteiger partial charge in [0, 0.05) is 0 Å². The van der Waals surface area contributed by atoms with Crippen LogP contribution in [0.4, 0.5) is 0 Å². The van der Waals surface area contributed by atoms with Crippen molar-refractivity contribution in [1.82, 2.24) is 0 Å². The second-order valence-electron chi connectivity index (χ2n) is 0.924. The van der Waals surface area contributed by atoms with Crippen LogP contribution >= 0.6 is 0 Å². The van der Waals surface area contributed by atoms with Crippen molar-refractivity contribution in [1.29, 1.82) is 0 Å². The summed E-state index contributed by atoms with van der Waals surface area (Å²) in [6.45, 7) is 0. The Morgan fingerprint density at radius 3 is 1.10 bits per heavy atom. The Labute approximate surface area is 70.9 Å². The van der Waals surface area contributed by atoms with Crippen molar-refractivity contribution in [2.24, 2.45) is 0 Å². The molecule has 0 aromatic carbocycles. The molecule has 7 nitrogen and oxygen atoms in total. The topological polar surface area (TPSA) is 118 Å². The van der Waals surface area contributed by atoms with Crippen LogP contribution in [0.15, 0.2) is 0 Å². The van der Waals surface area contributed by atoms with Gasteiger partial charge in [0.15, 0.2) is 0 Å². The van der Waals surface area contributed by atoms with E-state index in [1.165, 1.54) is 0 Å². The first-order valence-corrected chi connectivity index (χ1v) is 5.63. The van der Waals surface area contributed by atoms with Crippen LogP contribution in [0, 0.1) is 0 Å². The van der Waals surface area contributed by atoms with Gasteiger partial charge in [-0.05, 0) is 0 Å². The predicted molar refractivity (Wildman–Crippen MR) is 8.27 cm³/mol. The van der Waals surface area contributed by atoms with Crippen molar-refractivity contribution in [3.63, 3.8) is 0 Å². The van der Waals surface area contributed by atoms with Crippen molar-refractivity contribution in [3.8, 4) is 0 Å². The maximum absolute atomic E-state index is 9.53. The van der Waals surface area contributed by atoms with E-state index in [0.717, 1.165) is 0 Å². The van der Waals surface area contributed by atoms with Crippen LogP contribution in [-0.2, 0) is 62.6 Å². The minimum absolute atomic E-state index is 0. The fourth-order valence-corrected chi connectivity index (χ4v) is 1.85. The summed E-state index contributed by atoms with van der Waals surface area (Å²) in [6.07, 6.45) is 0. The van der Waals surface area contributed by atoms with Gasteiger partial charge in [-0.3, -0.25) is 0 Å². The van der Waals surface area contributed by atoms with E-state index in [1.807, 2.05) is 0 Å². The summed E-state index contributed by atoms with van der Waals surface area (Å²) in [5.74, 6) is 0. The summed E-state index contributed by atoms with van der Waals surface area (Å²) < 4.78 is 56.3. The van der Waals surface area contributed by atoms with Gasteiger partial charge >= 0.3 is 71.0 Å². The van der Waals surface area contributed by atoms with Crippen molar-refractivity contribution < 1.29 is 71.0 Å². The van der Waals surface area contributed by atoms with Crippen LogP contribution < -0.4 is 0 Å². The predicted octanol–water partition coefficient (Wildman–Crippen LogP) is -1.67.